The smallest absolute Gasteiger partial charge is 0.332 e. The van der Waals surface area contributed by atoms with Crippen molar-refractivity contribution in [2.45, 2.75) is 32.3 Å². The molecule has 0 fully saturated rings. The summed E-state index contributed by atoms with van der Waals surface area (Å²) in [6.07, 6.45) is 0. The van der Waals surface area contributed by atoms with Gasteiger partial charge in [-0.15, -0.1) is 0 Å². The lowest BCUT2D eigenvalue weighted by atomic mass is 9.78. The SMILES string of the molecule is COC.COCC(=O)OC(C)(C)C.COc1ccc2ccc(OC)c(C3c4cc(I)cc(I)c4Oc4ccc5ccc(O)cc5c43)c2c1. The molecule has 1 unspecified atom stereocenters. The van der Waals surface area contributed by atoms with Gasteiger partial charge in [-0.05, 0) is 136 Å². The molecule has 10 heteroatoms. The third-order valence-electron chi connectivity index (χ3n) is 7.28. The minimum absolute atomic E-state index is 0.0251. The Morgan fingerprint density at radius 3 is 2.06 bits per heavy atom. The molecule has 1 N–H and O–H groups in total. The highest BCUT2D eigenvalue weighted by Crippen LogP contribution is 2.55. The topological polar surface area (TPSA) is 92.7 Å². The van der Waals surface area contributed by atoms with Crippen molar-refractivity contribution in [2.75, 3.05) is 42.2 Å². The molecule has 48 heavy (non-hydrogen) atoms. The summed E-state index contributed by atoms with van der Waals surface area (Å²) in [4.78, 5) is 10.7. The van der Waals surface area contributed by atoms with Crippen LogP contribution in [0.1, 0.15) is 43.4 Å². The molecule has 5 aromatic carbocycles. The number of hydrogen-bond donors (Lipinski definition) is 1. The van der Waals surface area contributed by atoms with Crippen molar-refractivity contribution in [1.29, 1.82) is 0 Å². The fraction of sp³-hybridized carbons (Fsp3) is 0.289. The highest BCUT2D eigenvalue weighted by atomic mass is 127. The molecule has 5 aromatic rings. The third kappa shape index (κ3) is 8.63. The van der Waals surface area contributed by atoms with Gasteiger partial charge in [0.2, 0.25) is 0 Å². The Kier molecular flexibility index (Phi) is 12.8. The van der Waals surface area contributed by atoms with Crippen LogP contribution in [0.4, 0.5) is 0 Å². The van der Waals surface area contributed by atoms with Gasteiger partial charge in [-0.1, -0.05) is 24.3 Å². The Morgan fingerprint density at radius 2 is 1.44 bits per heavy atom. The number of methoxy groups -OCH3 is 4. The fourth-order valence-corrected chi connectivity index (χ4v) is 7.56. The zero-order valence-corrected chi connectivity index (χ0v) is 32.6. The number of ether oxygens (including phenoxy) is 6. The number of rotatable bonds is 5. The Labute approximate surface area is 308 Å². The van der Waals surface area contributed by atoms with Gasteiger partial charge in [0, 0.05) is 47.5 Å². The zero-order chi connectivity index (χ0) is 35.2. The molecule has 6 rings (SSSR count). The molecule has 1 aliphatic rings. The number of carbonyl (C=O) groups excluding carboxylic acids is 1. The van der Waals surface area contributed by atoms with E-state index in [0.717, 1.165) is 68.4 Å². The molecule has 1 heterocycles. The molecular formula is C38H40I2O8. The summed E-state index contributed by atoms with van der Waals surface area (Å²) in [5, 5.41) is 14.6. The summed E-state index contributed by atoms with van der Waals surface area (Å²) in [5.41, 5.74) is 2.72. The number of hydrogen-bond acceptors (Lipinski definition) is 8. The first-order valence-electron chi connectivity index (χ1n) is 15.0. The van der Waals surface area contributed by atoms with E-state index in [0.29, 0.717) is 0 Å². The van der Waals surface area contributed by atoms with Crippen molar-refractivity contribution >= 4 is 72.7 Å². The van der Waals surface area contributed by atoms with Crippen molar-refractivity contribution in [1.82, 2.24) is 0 Å². The second-order valence-electron chi connectivity index (χ2n) is 11.9. The summed E-state index contributed by atoms with van der Waals surface area (Å²) in [6, 6.07) is 24.1. The quantitative estimate of drug-likeness (QED) is 0.135. The molecule has 0 saturated carbocycles. The number of halogens is 2. The van der Waals surface area contributed by atoms with Crippen molar-refractivity contribution in [2.24, 2.45) is 0 Å². The molecule has 0 amide bonds. The Balaban J connectivity index is 0.000000343. The second kappa shape index (κ2) is 16.4. The van der Waals surface area contributed by atoms with Crippen molar-refractivity contribution in [3.8, 4) is 28.7 Å². The molecule has 0 radical (unpaired) electrons. The maximum Gasteiger partial charge on any atom is 0.332 e. The molecule has 8 nitrogen and oxygen atoms in total. The number of fused-ring (bicyclic) bond motifs is 5. The first kappa shape index (κ1) is 37.5. The van der Waals surface area contributed by atoms with Gasteiger partial charge in [-0.25, -0.2) is 4.79 Å². The summed E-state index contributed by atoms with van der Waals surface area (Å²) < 4.78 is 34.0. The normalized spacial score (nSPS) is 13.2. The van der Waals surface area contributed by atoms with Gasteiger partial charge in [0.15, 0.2) is 0 Å². The van der Waals surface area contributed by atoms with E-state index >= 15 is 0 Å². The van der Waals surface area contributed by atoms with Gasteiger partial charge in [0.1, 0.15) is 41.0 Å². The van der Waals surface area contributed by atoms with Crippen LogP contribution in [0.15, 0.2) is 72.8 Å². The molecule has 0 spiro atoms. The molecule has 1 atom stereocenters. The van der Waals surface area contributed by atoms with E-state index in [2.05, 4.69) is 85.0 Å². The van der Waals surface area contributed by atoms with E-state index in [1.54, 1.807) is 34.5 Å². The van der Waals surface area contributed by atoms with E-state index < -0.39 is 5.60 Å². The first-order chi connectivity index (χ1) is 22.8. The van der Waals surface area contributed by atoms with Crippen LogP contribution in [0.25, 0.3) is 21.5 Å². The summed E-state index contributed by atoms with van der Waals surface area (Å²) in [6.45, 7) is 5.49. The number of esters is 1. The van der Waals surface area contributed by atoms with Crippen molar-refractivity contribution in [3.63, 3.8) is 0 Å². The van der Waals surface area contributed by atoms with Crippen LogP contribution in [-0.4, -0.2) is 58.8 Å². The van der Waals surface area contributed by atoms with Crippen LogP contribution in [0.5, 0.6) is 28.7 Å². The number of carbonyl (C=O) groups is 1. The van der Waals surface area contributed by atoms with E-state index in [1.807, 2.05) is 57.2 Å². The predicted molar refractivity (Wildman–Crippen MR) is 206 cm³/mol. The van der Waals surface area contributed by atoms with Crippen LogP contribution in [0.2, 0.25) is 0 Å². The predicted octanol–water partition coefficient (Wildman–Crippen LogP) is 9.45. The van der Waals surface area contributed by atoms with E-state index in [-0.39, 0.29) is 24.2 Å². The monoisotopic (exact) mass is 878 g/mol. The zero-order valence-electron chi connectivity index (χ0n) is 28.3. The summed E-state index contributed by atoms with van der Waals surface area (Å²) in [7, 11) is 8.10. The lowest BCUT2D eigenvalue weighted by Gasteiger charge is -2.32. The maximum absolute atomic E-state index is 10.7. The Hall–Kier alpha value is -3.33. The van der Waals surface area contributed by atoms with E-state index in [9.17, 15) is 9.90 Å². The van der Waals surface area contributed by atoms with Crippen LogP contribution < -0.4 is 14.2 Å². The first-order valence-corrected chi connectivity index (χ1v) is 17.2. The van der Waals surface area contributed by atoms with Crippen LogP contribution >= 0.6 is 45.2 Å². The Morgan fingerprint density at radius 1 is 0.812 bits per heavy atom. The number of phenolic OH excluding ortho intramolecular Hbond substituents is 1. The molecular weight excluding hydrogens is 838 g/mol. The number of benzene rings is 5. The number of aromatic hydroxyl groups is 1. The summed E-state index contributed by atoms with van der Waals surface area (Å²) in [5.74, 6) is 2.92. The lowest BCUT2D eigenvalue weighted by molar-refractivity contribution is -0.159. The minimum Gasteiger partial charge on any atom is -0.508 e. The highest BCUT2D eigenvalue weighted by Gasteiger charge is 2.35. The van der Waals surface area contributed by atoms with E-state index in [4.69, 9.17) is 18.9 Å². The van der Waals surface area contributed by atoms with Gasteiger partial charge >= 0.3 is 5.97 Å². The van der Waals surface area contributed by atoms with Crippen LogP contribution in [0.3, 0.4) is 0 Å². The standard InChI is InChI=1S/C29H20I2O4.C7H14O3.C2H6O/c1-33-19-8-4-16-5-9-24(34-2)26(21(16)14-19)28-22-11-17(30)12-23(31)29(22)35-25-10-6-15-3-7-18(32)13-20(15)27(25)28;1-7(2,3)10-6(8)5-9-4;1-3-2/h3-14,28,32H,1-2H3;5H2,1-4H3;1-2H3. The average molecular weight is 879 g/mol. The van der Waals surface area contributed by atoms with Gasteiger partial charge in [0.05, 0.1) is 17.8 Å². The van der Waals surface area contributed by atoms with Crippen molar-refractivity contribution < 1.29 is 38.3 Å². The molecule has 0 aromatic heterocycles. The van der Waals surface area contributed by atoms with Crippen molar-refractivity contribution in [3.05, 3.63) is 96.6 Å². The van der Waals surface area contributed by atoms with Gasteiger partial charge in [-0.3, -0.25) is 0 Å². The fourth-order valence-electron chi connectivity index (χ4n) is 5.56. The van der Waals surface area contributed by atoms with Gasteiger partial charge in [0.25, 0.3) is 0 Å². The van der Waals surface area contributed by atoms with Crippen LogP contribution in [-0.2, 0) is 19.0 Å². The minimum atomic E-state index is -0.407. The number of phenols is 1. The second-order valence-corrected chi connectivity index (χ2v) is 14.3. The largest absolute Gasteiger partial charge is 0.508 e. The van der Waals surface area contributed by atoms with Gasteiger partial charge in [-0.2, -0.15) is 0 Å². The molecule has 0 aliphatic carbocycles. The molecule has 0 saturated heterocycles. The molecule has 0 bridgehead atoms. The third-order valence-corrected chi connectivity index (χ3v) is 8.70. The van der Waals surface area contributed by atoms with E-state index in [1.165, 1.54) is 7.11 Å². The molecule has 1 aliphatic heterocycles. The van der Waals surface area contributed by atoms with Gasteiger partial charge < -0.3 is 33.5 Å². The lowest BCUT2D eigenvalue weighted by Crippen LogP contribution is -2.26. The average Bonchev–Trinajstić information content (AvgIpc) is 3.03. The highest BCUT2D eigenvalue weighted by molar-refractivity contribution is 14.1. The van der Waals surface area contributed by atoms with Crippen LogP contribution in [0, 0.1) is 7.14 Å². The maximum atomic E-state index is 10.7. The summed E-state index contributed by atoms with van der Waals surface area (Å²) >= 11 is 4.71. The molecule has 254 valence electrons. The Bertz CT molecular complexity index is 1910.